The Morgan fingerprint density at radius 3 is 2.52 bits per heavy atom. The third-order valence-corrected chi connectivity index (χ3v) is 5.11. The van der Waals surface area contributed by atoms with Crippen LogP contribution >= 0.6 is 11.6 Å². The molecule has 3 rings (SSSR count). The van der Waals surface area contributed by atoms with Crippen LogP contribution in [0.5, 0.6) is 0 Å². The summed E-state index contributed by atoms with van der Waals surface area (Å²) in [5.74, 6) is -0.910. The maximum atomic E-state index is 13.2. The van der Waals surface area contributed by atoms with Gasteiger partial charge in [-0.2, -0.15) is 9.78 Å². The maximum Gasteiger partial charge on any atom is 0.340 e. The van der Waals surface area contributed by atoms with Gasteiger partial charge in [0.15, 0.2) is 0 Å². The fourth-order valence-corrected chi connectivity index (χ4v) is 3.22. The first-order chi connectivity index (χ1) is 13.8. The topological polar surface area (TPSA) is 64.4 Å². The van der Waals surface area contributed by atoms with Crippen molar-refractivity contribution in [2.75, 3.05) is 19.1 Å². The number of carbonyl (C=O) groups is 1. The van der Waals surface area contributed by atoms with Crippen LogP contribution in [0.2, 0.25) is 5.02 Å². The van der Waals surface area contributed by atoms with E-state index in [1.807, 2.05) is 6.92 Å². The smallest absolute Gasteiger partial charge is 0.340 e. The molecule has 0 aliphatic heterocycles. The van der Waals surface area contributed by atoms with E-state index in [0.717, 1.165) is 10.2 Å². The van der Waals surface area contributed by atoms with E-state index in [-0.39, 0.29) is 28.1 Å². The summed E-state index contributed by atoms with van der Waals surface area (Å²) < 4.78 is 19.0. The number of anilines is 1. The number of rotatable bonds is 5. The minimum Gasteiger partial charge on any atom is -0.465 e. The SMILES string of the molecule is COC(=O)c1ccccc1-n1ncc(N(C)C(C)c2ccc(F)cc2)c(Cl)c1=O. The largest absolute Gasteiger partial charge is 0.465 e. The average Bonchev–Trinajstić information content (AvgIpc) is 2.74. The number of hydrogen-bond donors (Lipinski definition) is 0. The van der Waals surface area contributed by atoms with Crippen LogP contribution in [0.1, 0.15) is 28.9 Å². The molecule has 1 heterocycles. The molecule has 150 valence electrons. The molecular formula is C21H19ClFN3O3. The Labute approximate surface area is 172 Å². The van der Waals surface area contributed by atoms with E-state index in [1.54, 1.807) is 48.3 Å². The second kappa shape index (κ2) is 8.45. The quantitative estimate of drug-likeness (QED) is 0.589. The van der Waals surface area contributed by atoms with Gasteiger partial charge in [-0.25, -0.2) is 9.18 Å². The van der Waals surface area contributed by atoms with Crippen molar-refractivity contribution >= 4 is 23.3 Å². The van der Waals surface area contributed by atoms with Gasteiger partial charge in [0.05, 0.1) is 36.3 Å². The minimum absolute atomic E-state index is 0.0452. The van der Waals surface area contributed by atoms with Crippen molar-refractivity contribution in [1.29, 1.82) is 0 Å². The van der Waals surface area contributed by atoms with E-state index in [0.29, 0.717) is 5.69 Å². The highest BCUT2D eigenvalue weighted by Gasteiger charge is 2.21. The third-order valence-electron chi connectivity index (χ3n) is 4.75. The van der Waals surface area contributed by atoms with Crippen molar-refractivity contribution in [3.8, 4) is 5.69 Å². The second-order valence-electron chi connectivity index (χ2n) is 6.41. The van der Waals surface area contributed by atoms with Gasteiger partial charge >= 0.3 is 5.97 Å². The Bertz CT molecular complexity index is 1100. The van der Waals surface area contributed by atoms with Gasteiger partial charge in [0, 0.05) is 7.05 Å². The van der Waals surface area contributed by atoms with Crippen LogP contribution in [-0.2, 0) is 4.74 Å². The molecule has 0 aliphatic rings. The number of hydrogen-bond acceptors (Lipinski definition) is 5. The zero-order valence-corrected chi connectivity index (χ0v) is 16.9. The van der Waals surface area contributed by atoms with Crippen molar-refractivity contribution in [2.24, 2.45) is 0 Å². The number of halogens is 2. The summed E-state index contributed by atoms with van der Waals surface area (Å²) in [5, 5.41) is 4.16. The molecule has 0 bridgehead atoms. The molecule has 0 amide bonds. The van der Waals surface area contributed by atoms with Crippen LogP contribution in [0.4, 0.5) is 10.1 Å². The van der Waals surface area contributed by atoms with Gasteiger partial charge in [-0.1, -0.05) is 35.9 Å². The molecule has 0 aliphatic carbocycles. The zero-order valence-electron chi connectivity index (χ0n) is 16.1. The van der Waals surface area contributed by atoms with Crippen LogP contribution in [0.25, 0.3) is 5.69 Å². The van der Waals surface area contributed by atoms with Crippen LogP contribution in [0.3, 0.4) is 0 Å². The lowest BCUT2D eigenvalue weighted by atomic mass is 10.1. The molecular weight excluding hydrogens is 397 g/mol. The molecule has 0 spiro atoms. The second-order valence-corrected chi connectivity index (χ2v) is 6.79. The number of ether oxygens (including phenoxy) is 1. The molecule has 1 atom stereocenters. The maximum absolute atomic E-state index is 13.2. The summed E-state index contributed by atoms with van der Waals surface area (Å²) in [6.07, 6.45) is 1.46. The first-order valence-electron chi connectivity index (χ1n) is 8.79. The molecule has 0 saturated carbocycles. The Morgan fingerprint density at radius 2 is 1.86 bits per heavy atom. The summed E-state index contributed by atoms with van der Waals surface area (Å²) in [5.41, 5.74) is 1.16. The van der Waals surface area contributed by atoms with Crippen molar-refractivity contribution in [1.82, 2.24) is 9.78 Å². The number of methoxy groups -OCH3 is 1. The zero-order chi connectivity index (χ0) is 21.1. The van der Waals surface area contributed by atoms with Crippen molar-refractivity contribution in [3.63, 3.8) is 0 Å². The molecule has 0 N–H and O–H groups in total. The first kappa shape index (κ1) is 20.5. The van der Waals surface area contributed by atoms with E-state index in [9.17, 15) is 14.0 Å². The summed E-state index contributed by atoms with van der Waals surface area (Å²) in [6, 6.07) is 12.4. The first-order valence-corrected chi connectivity index (χ1v) is 9.16. The predicted molar refractivity (Wildman–Crippen MR) is 109 cm³/mol. The number of benzene rings is 2. The Hall–Kier alpha value is -3.19. The summed E-state index contributed by atoms with van der Waals surface area (Å²) >= 11 is 6.37. The third kappa shape index (κ3) is 4.00. The molecule has 6 nitrogen and oxygen atoms in total. The average molecular weight is 416 g/mol. The Balaban J connectivity index is 2.02. The molecule has 1 aromatic heterocycles. The molecule has 0 radical (unpaired) electrons. The highest BCUT2D eigenvalue weighted by Crippen LogP contribution is 2.29. The van der Waals surface area contributed by atoms with Crippen LogP contribution in [0, 0.1) is 5.82 Å². The van der Waals surface area contributed by atoms with Gasteiger partial charge < -0.3 is 9.64 Å². The fraction of sp³-hybridized carbons (Fsp3) is 0.190. The van der Waals surface area contributed by atoms with Gasteiger partial charge in [0.25, 0.3) is 5.56 Å². The van der Waals surface area contributed by atoms with Gasteiger partial charge in [-0.05, 0) is 36.8 Å². The van der Waals surface area contributed by atoms with E-state index < -0.39 is 11.5 Å². The van der Waals surface area contributed by atoms with Crippen molar-refractivity contribution in [2.45, 2.75) is 13.0 Å². The van der Waals surface area contributed by atoms with Gasteiger partial charge in [-0.3, -0.25) is 4.79 Å². The monoisotopic (exact) mass is 415 g/mol. The standard InChI is InChI=1S/C21H19ClFN3O3/c1-13(14-8-10-15(23)11-9-14)25(2)18-12-24-26(20(27)19(18)22)17-7-5-4-6-16(17)21(28)29-3/h4-13H,1-3H3. The number of para-hydroxylation sites is 1. The lowest BCUT2D eigenvalue weighted by Crippen LogP contribution is -2.29. The molecule has 1 unspecified atom stereocenters. The van der Waals surface area contributed by atoms with Crippen LogP contribution in [-0.4, -0.2) is 29.9 Å². The van der Waals surface area contributed by atoms with Gasteiger partial charge in [-0.15, -0.1) is 0 Å². The highest BCUT2D eigenvalue weighted by atomic mass is 35.5. The molecule has 8 heteroatoms. The number of carbonyl (C=O) groups excluding carboxylic acids is 1. The summed E-state index contributed by atoms with van der Waals surface area (Å²) in [6.45, 7) is 1.90. The predicted octanol–water partition coefficient (Wildman–Crippen LogP) is 4.01. The molecule has 2 aromatic carbocycles. The van der Waals surface area contributed by atoms with Crippen molar-refractivity contribution in [3.05, 3.63) is 87.0 Å². The summed E-state index contributed by atoms with van der Waals surface area (Å²) in [4.78, 5) is 26.7. The highest BCUT2D eigenvalue weighted by molar-refractivity contribution is 6.33. The summed E-state index contributed by atoms with van der Waals surface area (Å²) in [7, 11) is 3.03. The Kier molecular flexibility index (Phi) is 5.98. The molecule has 3 aromatic rings. The lowest BCUT2D eigenvalue weighted by molar-refractivity contribution is 0.0600. The number of aromatic nitrogens is 2. The normalized spacial score (nSPS) is 11.8. The molecule has 0 saturated heterocycles. The van der Waals surface area contributed by atoms with E-state index in [2.05, 4.69) is 5.10 Å². The van der Waals surface area contributed by atoms with E-state index >= 15 is 0 Å². The van der Waals surface area contributed by atoms with Crippen molar-refractivity contribution < 1.29 is 13.9 Å². The van der Waals surface area contributed by atoms with Crippen LogP contribution < -0.4 is 10.5 Å². The number of esters is 1. The lowest BCUT2D eigenvalue weighted by Gasteiger charge is -2.28. The Morgan fingerprint density at radius 1 is 1.21 bits per heavy atom. The molecule has 29 heavy (non-hydrogen) atoms. The number of nitrogens with zero attached hydrogens (tertiary/aromatic N) is 3. The van der Waals surface area contributed by atoms with E-state index in [4.69, 9.17) is 16.3 Å². The fourth-order valence-electron chi connectivity index (χ4n) is 2.96. The van der Waals surface area contributed by atoms with Gasteiger partial charge in [0.2, 0.25) is 0 Å². The minimum atomic E-state index is -0.587. The van der Waals surface area contributed by atoms with Gasteiger partial charge in [0.1, 0.15) is 10.8 Å². The van der Waals surface area contributed by atoms with Crippen LogP contribution in [0.15, 0.2) is 59.5 Å². The van der Waals surface area contributed by atoms with E-state index in [1.165, 1.54) is 25.4 Å². The molecule has 0 fully saturated rings.